The molecule has 3 rings (SSSR count). The molecule has 2 aromatic carbocycles. The van der Waals surface area contributed by atoms with Gasteiger partial charge in [-0.1, -0.05) is 65.3 Å². The maximum atomic E-state index is 12.8. The highest BCUT2D eigenvalue weighted by Crippen LogP contribution is 2.29. The van der Waals surface area contributed by atoms with E-state index in [-0.39, 0.29) is 22.4 Å². The lowest BCUT2D eigenvalue weighted by molar-refractivity contribution is 0.484. The van der Waals surface area contributed by atoms with E-state index in [0.717, 1.165) is 18.5 Å². The van der Waals surface area contributed by atoms with E-state index in [2.05, 4.69) is 10.0 Å². The van der Waals surface area contributed by atoms with E-state index in [1.807, 2.05) is 6.07 Å². The molecule has 0 radical (unpaired) electrons. The third kappa shape index (κ3) is 6.49. The van der Waals surface area contributed by atoms with Crippen LogP contribution in [0, 0.1) is 0 Å². The maximum Gasteiger partial charge on any atom is 0.240 e. The molecular weight excluding hydrogens is 486 g/mol. The van der Waals surface area contributed by atoms with Gasteiger partial charge in [0.1, 0.15) is 0 Å². The van der Waals surface area contributed by atoms with Crippen LogP contribution in [0.5, 0.6) is 0 Å². The smallest absolute Gasteiger partial charge is 0.240 e. The Morgan fingerprint density at radius 2 is 1.53 bits per heavy atom. The van der Waals surface area contributed by atoms with E-state index in [0.29, 0.717) is 21.1 Å². The molecule has 0 bridgehead atoms. The molecule has 2 N–H and O–H groups in total. The van der Waals surface area contributed by atoms with Crippen molar-refractivity contribution in [3.8, 4) is 0 Å². The van der Waals surface area contributed by atoms with E-state index in [4.69, 9.17) is 46.4 Å². The number of sulfonamides is 1. The van der Waals surface area contributed by atoms with E-state index >= 15 is 0 Å². The van der Waals surface area contributed by atoms with Gasteiger partial charge in [0, 0.05) is 12.6 Å². The highest BCUT2D eigenvalue weighted by molar-refractivity contribution is 7.89. The van der Waals surface area contributed by atoms with Crippen LogP contribution >= 0.6 is 46.4 Å². The molecule has 1 fully saturated rings. The summed E-state index contributed by atoms with van der Waals surface area (Å²) < 4.78 is 28.2. The third-order valence-electron chi connectivity index (χ3n) is 5.42. The standard InChI is InChI=1S/C21H24Cl4N2O2S/c22-18-7-5-14(11-20(18)24)15(9-10-26-16-3-1-2-4-16)13-27-30(28,29)17-6-8-19(23)21(25)12-17/h5-8,11-12,15-16,26-27H,1-4,9-10,13H2/t15-/m0/s1. The SMILES string of the molecule is O=S(=O)(NC[C@H](CCNC1CCCC1)c1ccc(Cl)c(Cl)c1)c1ccc(Cl)c(Cl)c1. The quantitative estimate of drug-likeness (QED) is 0.417. The van der Waals surface area contributed by atoms with Gasteiger partial charge in [0.25, 0.3) is 0 Å². The van der Waals surface area contributed by atoms with E-state index in [1.165, 1.54) is 43.9 Å². The predicted octanol–water partition coefficient (Wildman–Crippen LogP) is 6.28. The Labute approximate surface area is 198 Å². The second kappa shape index (κ2) is 10.9. The molecule has 0 spiro atoms. The molecule has 0 unspecified atom stereocenters. The molecule has 1 saturated carbocycles. The first-order valence-corrected chi connectivity index (χ1v) is 12.9. The minimum absolute atomic E-state index is 0.0637. The summed E-state index contributed by atoms with van der Waals surface area (Å²) in [5.41, 5.74) is 0.939. The minimum Gasteiger partial charge on any atom is -0.314 e. The molecule has 0 aromatic heterocycles. The normalized spacial score (nSPS) is 16.1. The van der Waals surface area contributed by atoms with Crippen LogP contribution in [0.1, 0.15) is 43.6 Å². The van der Waals surface area contributed by atoms with Gasteiger partial charge in [-0.2, -0.15) is 0 Å². The molecule has 1 atom stereocenters. The van der Waals surface area contributed by atoms with Crippen LogP contribution in [-0.4, -0.2) is 27.5 Å². The summed E-state index contributed by atoms with van der Waals surface area (Å²) in [5, 5.41) is 5.01. The summed E-state index contributed by atoms with van der Waals surface area (Å²) in [7, 11) is -3.73. The Hall–Kier alpha value is -0.530. The zero-order valence-corrected chi connectivity index (χ0v) is 20.1. The fourth-order valence-corrected chi connectivity index (χ4v) is 5.46. The van der Waals surface area contributed by atoms with Gasteiger partial charge in [0.05, 0.1) is 25.0 Å². The molecule has 2 aromatic rings. The van der Waals surface area contributed by atoms with Crippen LogP contribution in [0.3, 0.4) is 0 Å². The average molecular weight is 510 g/mol. The molecule has 0 amide bonds. The van der Waals surface area contributed by atoms with Crippen molar-refractivity contribution in [2.75, 3.05) is 13.1 Å². The lowest BCUT2D eigenvalue weighted by Crippen LogP contribution is -2.32. The van der Waals surface area contributed by atoms with Crippen LogP contribution in [0.15, 0.2) is 41.3 Å². The lowest BCUT2D eigenvalue weighted by atomic mass is 9.95. The van der Waals surface area contributed by atoms with Gasteiger partial charge in [0.2, 0.25) is 10.0 Å². The number of nitrogens with one attached hydrogen (secondary N) is 2. The first-order valence-electron chi connectivity index (χ1n) is 9.89. The van der Waals surface area contributed by atoms with Gasteiger partial charge in [-0.3, -0.25) is 0 Å². The Kier molecular flexibility index (Phi) is 8.73. The Morgan fingerprint density at radius 1 is 0.900 bits per heavy atom. The van der Waals surface area contributed by atoms with Gasteiger partial charge in [0.15, 0.2) is 0 Å². The van der Waals surface area contributed by atoms with E-state index in [9.17, 15) is 8.42 Å². The number of hydrogen-bond donors (Lipinski definition) is 2. The fraction of sp³-hybridized carbons (Fsp3) is 0.429. The van der Waals surface area contributed by atoms with Crippen molar-refractivity contribution in [1.29, 1.82) is 0 Å². The van der Waals surface area contributed by atoms with Crippen molar-refractivity contribution in [3.05, 3.63) is 62.1 Å². The fourth-order valence-electron chi connectivity index (χ4n) is 3.68. The second-order valence-electron chi connectivity index (χ2n) is 7.52. The van der Waals surface area contributed by atoms with Crippen molar-refractivity contribution >= 4 is 56.4 Å². The maximum absolute atomic E-state index is 12.8. The molecule has 1 aliphatic rings. The van der Waals surface area contributed by atoms with E-state index in [1.54, 1.807) is 12.1 Å². The predicted molar refractivity (Wildman–Crippen MR) is 126 cm³/mol. The van der Waals surface area contributed by atoms with E-state index < -0.39 is 10.0 Å². The molecule has 4 nitrogen and oxygen atoms in total. The first kappa shape index (κ1) is 24.1. The molecule has 9 heteroatoms. The summed E-state index contributed by atoms with van der Waals surface area (Å²) >= 11 is 24.1. The van der Waals surface area contributed by atoms with Crippen LogP contribution in [0.2, 0.25) is 20.1 Å². The van der Waals surface area contributed by atoms with Crippen molar-refractivity contribution in [3.63, 3.8) is 0 Å². The lowest BCUT2D eigenvalue weighted by Gasteiger charge is -2.21. The van der Waals surface area contributed by atoms with Crippen LogP contribution in [-0.2, 0) is 10.0 Å². The number of halogens is 4. The van der Waals surface area contributed by atoms with Gasteiger partial charge < -0.3 is 5.32 Å². The van der Waals surface area contributed by atoms with Crippen LogP contribution < -0.4 is 10.0 Å². The third-order valence-corrected chi connectivity index (χ3v) is 8.32. The van der Waals surface area contributed by atoms with Crippen LogP contribution in [0.4, 0.5) is 0 Å². The molecule has 164 valence electrons. The summed E-state index contributed by atoms with van der Waals surface area (Å²) in [6, 6.07) is 10.2. The van der Waals surface area contributed by atoms with Gasteiger partial charge in [-0.25, -0.2) is 13.1 Å². The van der Waals surface area contributed by atoms with Gasteiger partial charge in [-0.05, 0) is 67.6 Å². The van der Waals surface area contributed by atoms with Crippen molar-refractivity contribution < 1.29 is 8.42 Å². The number of rotatable bonds is 9. The number of benzene rings is 2. The van der Waals surface area contributed by atoms with Crippen molar-refractivity contribution in [1.82, 2.24) is 10.0 Å². The summed E-state index contributed by atoms with van der Waals surface area (Å²) in [5.74, 6) is -0.0637. The minimum atomic E-state index is -3.73. The largest absolute Gasteiger partial charge is 0.314 e. The first-order chi connectivity index (χ1) is 14.3. The monoisotopic (exact) mass is 508 g/mol. The van der Waals surface area contributed by atoms with Crippen molar-refractivity contribution in [2.45, 2.75) is 49.0 Å². The molecule has 30 heavy (non-hydrogen) atoms. The van der Waals surface area contributed by atoms with Crippen LogP contribution in [0.25, 0.3) is 0 Å². The zero-order valence-electron chi connectivity index (χ0n) is 16.3. The molecule has 0 aliphatic heterocycles. The zero-order chi connectivity index (χ0) is 21.7. The average Bonchev–Trinajstić information content (AvgIpc) is 3.22. The molecule has 0 saturated heterocycles. The Balaban J connectivity index is 1.71. The molecular formula is C21H24Cl4N2O2S. The number of hydrogen-bond acceptors (Lipinski definition) is 3. The summed E-state index contributed by atoms with van der Waals surface area (Å²) in [6.07, 6.45) is 5.68. The highest BCUT2D eigenvalue weighted by Gasteiger charge is 2.21. The topological polar surface area (TPSA) is 58.2 Å². The van der Waals surface area contributed by atoms with Gasteiger partial charge >= 0.3 is 0 Å². The molecule has 1 aliphatic carbocycles. The second-order valence-corrected chi connectivity index (χ2v) is 10.9. The van der Waals surface area contributed by atoms with Crippen molar-refractivity contribution in [2.24, 2.45) is 0 Å². The Morgan fingerprint density at radius 3 is 2.17 bits per heavy atom. The molecule has 0 heterocycles. The van der Waals surface area contributed by atoms with Gasteiger partial charge in [-0.15, -0.1) is 0 Å². The summed E-state index contributed by atoms with van der Waals surface area (Å²) in [4.78, 5) is 0.0777. The summed E-state index contributed by atoms with van der Waals surface area (Å²) in [6.45, 7) is 1.02. The Bertz CT molecular complexity index is 979. The highest BCUT2D eigenvalue weighted by atomic mass is 35.5.